The smallest absolute Gasteiger partial charge is 0.315 e. The van der Waals surface area contributed by atoms with Gasteiger partial charge in [0.1, 0.15) is 5.01 Å². The molecule has 3 aliphatic rings. The van der Waals surface area contributed by atoms with E-state index in [0.29, 0.717) is 13.1 Å². The van der Waals surface area contributed by atoms with Crippen LogP contribution >= 0.6 is 11.3 Å². The minimum Gasteiger partial charge on any atom is -0.351 e. The Labute approximate surface area is 157 Å². The van der Waals surface area contributed by atoms with Crippen molar-refractivity contribution >= 4 is 17.4 Å². The molecule has 1 aliphatic carbocycles. The second-order valence-electron chi connectivity index (χ2n) is 7.94. The van der Waals surface area contributed by atoms with E-state index in [1.807, 2.05) is 18.3 Å². The maximum absolute atomic E-state index is 12.0. The number of rotatable bonds is 3. The van der Waals surface area contributed by atoms with Gasteiger partial charge in [0.15, 0.2) is 0 Å². The lowest BCUT2D eigenvalue weighted by atomic mass is 9.80. The van der Waals surface area contributed by atoms with E-state index < -0.39 is 0 Å². The van der Waals surface area contributed by atoms with Gasteiger partial charge in [-0.2, -0.15) is 0 Å². The molecule has 2 N–H and O–H groups in total. The normalized spacial score (nSPS) is 25.6. The lowest BCUT2D eigenvalue weighted by Crippen LogP contribution is -2.50. The van der Waals surface area contributed by atoms with Crippen LogP contribution in [0.15, 0.2) is 24.5 Å². The van der Waals surface area contributed by atoms with Gasteiger partial charge in [-0.15, -0.1) is 11.3 Å². The number of aromatic nitrogens is 2. The first kappa shape index (κ1) is 16.2. The fraction of sp³-hybridized carbons (Fsp3) is 0.526. The molecule has 0 bridgehead atoms. The van der Waals surface area contributed by atoms with Gasteiger partial charge in [0.2, 0.25) is 0 Å². The van der Waals surface area contributed by atoms with Crippen LogP contribution in [0.2, 0.25) is 0 Å². The van der Waals surface area contributed by atoms with E-state index in [9.17, 15) is 4.79 Å². The van der Waals surface area contributed by atoms with Gasteiger partial charge in [-0.3, -0.25) is 4.98 Å². The van der Waals surface area contributed by atoms with E-state index in [-0.39, 0.29) is 11.4 Å². The van der Waals surface area contributed by atoms with E-state index in [1.54, 1.807) is 22.4 Å². The summed E-state index contributed by atoms with van der Waals surface area (Å²) in [5, 5.41) is 0.995. The van der Waals surface area contributed by atoms with Crippen LogP contribution in [0.25, 0.3) is 10.6 Å². The summed E-state index contributed by atoms with van der Waals surface area (Å²) in [6, 6.07) is 3.66. The maximum Gasteiger partial charge on any atom is 0.315 e. The molecule has 1 saturated heterocycles. The number of hydrogen-bond donors (Lipinski definition) is 1. The second kappa shape index (κ2) is 6.03. The van der Waals surface area contributed by atoms with Crippen molar-refractivity contribution in [3.8, 4) is 10.6 Å². The number of pyridine rings is 1. The van der Waals surface area contributed by atoms with Gasteiger partial charge in [-0.25, -0.2) is 9.78 Å². The van der Waals surface area contributed by atoms with E-state index >= 15 is 0 Å². The lowest BCUT2D eigenvalue weighted by molar-refractivity contribution is 0.172. The van der Waals surface area contributed by atoms with E-state index in [4.69, 9.17) is 10.7 Å². The number of nitrogens with zero attached hydrogens (tertiary/aromatic N) is 4. The van der Waals surface area contributed by atoms with Gasteiger partial charge in [0.05, 0.1) is 12.2 Å². The fourth-order valence-corrected chi connectivity index (χ4v) is 5.60. The Balaban J connectivity index is 1.51. The van der Waals surface area contributed by atoms with Crippen LogP contribution in [0, 0.1) is 5.92 Å². The first-order valence-electron chi connectivity index (χ1n) is 9.30. The topological polar surface area (TPSA) is 75.4 Å². The molecule has 26 heavy (non-hydrogen) atoms. The number of amides is 2. The minimum absolute atomic E-state index is 0.0749. The van der Waals surface area contributed by atoms with E-state index in [2.05, 4.69) is 9.88 Å². The van der Waals surface area contributed by atoms with Gasteiger partial charge >= 0.3 is 6.03 Å². The van der Waals surface area contributed by atoms with Crippen LogP contribution in [0.3, 0.4) is 0 Å². The Kier molecular flexibility index (Phi) is 3.76. The number of likely N-dealkylation sites (tertiary alicyclic amines) is 1. The summed E-state index contributed by atoms with van der Waals surface area (Å²) in [5.74, 6) is 0.877. The van der Waals surface area contributed by atoms with Gasteiger partial charge < -0.3 is 15.5 Å². The van der Waals surface area contributed by atoms with Gasteiger partial charge in [0, 0.05) is 47.9 Å². The summed E-state index contributed by atoms with van der Waals surface area (Å²) >= 11 is 1.68. The van der Waals surface area contributed by atoms with Crippen LogP contribution in [-0.4, -0.2) is 52.0 Å². The number of urea groups is 1. The van der Waals surface area contributed by atoms with Crippen LogP contribution in [-0.2, 0) is 12.0 Å². The van der Waals surface area contributed by atoms with Crippen molar-refractivity contribution in [1.82, 2.24) is 19.8 Å². The summed E-state index contributed by atoms with van der Waals surface area (Å²) < 4.78 is 0. The average molecular weight is 369 g/mol. The van der Waals surface area contributed by atoms with Gasteiger partial charge in [0.25, 0.3) is 0 Å². The molecule has 7 heteroatoms. The van der Waals surface area contributed by atoms with Crippen molar-refractivity contribution in [2.45, 2.75) is 31.2 Å². The molecule has 2 aliphatic heterocycles. The van der Waals surface area contributed by atoms with Crippen molar-refractivity contribution in [2.75, 3.05) is 26.2 Å². The summed E-state index contributed by atoms with van der Waals surface area (Å²) in [7, 11) is 0. The van der Waals surface area contributed by atoms with Crippen LogP contribution < -0.4 is 5.73 Å². The number of primary amides is 1. The van der Waals surface area contributed by atoms with Gasteiger partial charge in [-0.1, -0.05) is 0 Å². The molecule has 0 aromatic carbocycles. The Morgan fingerprint density at radius 1 is 1.38 bits per heavy atom. The zero-order valence-electron chi connectivity index (χ0n) is 14.7. The average Bonchev–Trinajstić information content (AvgIpc) is 3.20. The predicted molar refractivity (Wildman–Crippen MR) is 101 cm³/mol. The molecule has 2 aromatic heterocycles. The third kappa shape index (κ3) is 2.79. The summed E-state index contributed by atoms with van der Waals surface area (Å²) in [5.41, 5.74) is 7.83. The van der Waals surface area contributed by atoms with Crippen molar-refractivity contribution in [1.29, 1.82) is 0 Å². The second-order valence-corrected chi connectivity index (χ2v) is 9.02. The minimum atomic E-state index is -0.327. The molecule has 2 fully saturated rings. The van der Waals surface area contributed by atoms with Crippen LogP contribution in [0.4, 0.5) is 4.79 Å². The SMILES string of the molecule is NC(=O)N1Cc2sc(-c3cccnc3)nc2C2(CCN(CC3CC3)C2)C1. The number of hydrogen-bond acceptors (Lipinski definition) is 5. The fourth-order valence-electron chi connectivity index (χ4n) is 4.41. The molecule has 2 aromatic rings. The van der Waals surface area contributed by atoms with E-state index in [1.165, 1.54) is 30.0 Å². The number of nitrogens with two attached hydrogens (primary N) is 1. The summed E-state index contributed by atoms with van der Waals surface area (Å²) in [6.45, 7) is 4.52. The Hall–Kier alpha value is -1.99. The molecule has 1 spiro atoms. The van der Waals surface area contributed by atoms with E-state index in [0.717, 1.165) is 36.0 Å². The molecule has 0 radical (unpaired) electrons. The zero-order chi connectivity index (χ0) is 17.7. The highest BCUT2D eigenvalue weighted by Crippen LogP contribution is 2.45. The van der Waals surface area contributed by atoms with Crippen molar-refractivity contribution in [2.24, 2.45) is 11.7 Å². The summed E-state index contributed by atoms with van der Waals surface area (Å²) in [6.07, 6.45) is 7.41. The predicted octanol–water partition coefficient (Wildman–Crippen LogP) is 2.45. The van der Waals surface area contributed by atoms with Crippen LogP contribution in [0.1, 0.15) is 29.8 Å². The first-order chi connectivity index (χ1) is 12.6. The van der Waals surface area contributed by atoms with Gasteiger partial charge in [-0.05, 0) is 43.9 Å². The molecule has 1 unspecified atom stereocenters. The summed E-state index contributed by atoms with van der Waals surface area (Å²) in [4.78, 5) is 26.8. The maximum atomic E-state index is 12.0. The van der Waals surface area contributed by atoms with Crippen molar-refractivity contribution in [3.05, 3.63) is 35.1 Å². The highest BCUT2D eigenvalue weighted by atomic mass is 32.1. The van der Waals surface area contributed by atoms with Crippen molar-refractivity contribution in [3.63, 3.8) is 0 Å². The highest BCUT2D eigenvalue weighted by molar-refractivity contribution is 7.15. The zero-order valence-corrected chi connectivity index (χ0v) is 15.5. The molecule has 4 heterocycles. The molecule has 5 rings (SSSR count). The van der Waals surface area contributed by atoms with Crippen molar-refractivity contribution < 1.29 is 4.79 Å². The molecular weight excluding hydrogens is 346 g/mol. The molecule has 2 amide bonds. The monoisotopic (exact) mass is 369 g/mol. The quantitative estimate of drug-likeness (QED) is 0.902. The lowest BCUT2D eigenvalue weighted by Gasteiger charge is -2.38. The van der Waals surface area contributed by atoms with Crippen LogP contribution in [0.5, 0.6) is 0 Å². The number of carbonyl (C=O) groups is 1. The molecule has 1 saturated carbocycles. The number of carbonyl (C=O) groups excluding carboxylic acids is 1. The Morgan fingerprint density at radius 3 is 3.00 bits per heavy atom. The third-order valence-corrected chi connectivity index (χ3v) is 6.98. The number of fused-ring (bicyclic) bond motifs is 2. The molecule has 6 nitrogen and oxygen atoms in total. The molecular formula is C19H23N5OS. The molecule has 136 valence electrons. The standard InChI is InChI=1S/C19H23N5OS/c20-18(25)24-10-15-16(22-17(26-15)14-2-1-6-21-8-14)19(12-24)5-7-23(11-19)9-13-3-4-13/h1-2,6,8,13H,3-5,7,9-12H2,(H2,20,25). The highest BCUT2D eigenvalue weighted by Gasteiger charge is 2.48. The number of thiazole rings is 1. The Bertz CT molecular complexity index is 834. The Morgan fingerprint density at radius 2 is 2.27 bits per heavy atom. The molecule has 1 atom stereocenters. The third-order valence-electron chi connectivity index (χ3n) is 5.89. The largest absolute Gasteiger partial charge is 0.351 e. The first-order valence-corrected chi connectivity index (χ1v) is 10.1.